The number of ether oxygens (including phenoxy) is 2. The summed E-state index contributed by atoms with van der Waals surface area (Å²) in [7, 11) is 2.82. The number of benzene rings is 3. The van der Waals surface area contributed by atoms with Gasteiger partial charge in [0.2, 0.25) is 0 Å². The Labute approximate surface area is 179 Å². The van der Waals surface area contributed by atoms with Crippen molar-refractivity contribution in [3.63, 3.8) is 0 Å². The van der Waals surface area contributed by atoms with Crippen LogP contribution >= 0.6 is 0 Å². The van der Waals surface area contributed by atoms with Gasteiger partial charge >= 0.3 is 0 Å². The van der Waals surface area contributed by atoms with Gasteiger partial charge in [-0.05, 0) is 17.2 Å². The Morgan fingerprint density at radius 1 is 0.968 bits per heavy atom. The van der Waals surface area contributed by atoms with E-state index in [4.69, 9.17) is 9.47 Å². The second-order valence-electron chi connectivity index (χ2n) is 6.51. The molecule has 8 nitrogen and oxygen atoms in total. The molecule has 0 saturated carbocycles. The molecule has 31 heavy (non-hydrogen) atoms. The van der Waals surface area contributed by atoms with Gasteiger partial charge in [0.1, 0.15) is 0 Å². The third kappa shape index (κ3) is 5.05. The fourth-order valence-corrected chi connectivity index (χ4v) is 3.16. The summed E-state index contributed by atoms with van der Waals surface area (Å²) >= 11 is 0. The molecular weight excluding hydrogens is 398 g/mol. The second kappa shape index (κ2) is 10.0. The lowest BCUT2D eigenvalue weighted by Gasteiger charge is -2.16. The van der Waals surface area contributed by atoms with Gasteiger partial charge in [-0.25, -0.2) is 5.43 Å². The minimum absolute atomic E-state index is 0.166. The van der Waals surface area contributed by atoms with E-state index >= 15 is 0 Å². The molecule has 158 valence electrons. The Hall–Kier alpha value is -4.20. The number of hydrogen-bond acceptors (Lipinski definition) is 6. The number of rotatable bonds is 8. The van der Waals surface area contributed by atoms with E-state index in [1.165, 1.54) is 32.6 Å². The fraction of sp³-hybridized carbons (Fsp3) is 0.130. The van der Waals surface area contributed by atoms with Gasteiger partial charge in [-0.15, -0.1) is 0 Å². The summed E-state index contributed by atoms with van der Waals surface area (Å²) in [5.41, 5.74) is 4.05. The van der Waals surface area contributed by atoms with Crippen LogP contribution in [0.3, 0.4) is 0 Å². The van der Waals surface area contributed by atoms with Crippen molar-refractivity contribution in [2.45, 2.75) is 5.92 Å². The summed E-state index contributed by atoms with van der Waals surface area (Å²) in [5, 5.41) is 15.4. The van der Waals surface area contributed by atoms with Crippen LogP contribution in [0.1, 0.15) is 22.6 Å². The number of hydrogen-bond donors (Lipinski definition) is 1. The first kappa shape index (κ1) is 21.5. The van der Waals surface area contributed by atoms with Crippen LogP contribution in [0.15, 0.2) is 77.9 Å². The number of nitrogens with one attached hydrogen (secondary N) is 1. The molecule has 0 saturated heterocycles. The molecule has 8 heteroatoms. The average Bonchev–Trinajstić information content (AvgIpc) is 2.80. The Morgan fingerprint density at radius 2 is 1.48 bits per heavy atom. The summed E-state index contributed by atoms with van der Waals surface area (Å²) < 4.78 is 10.3. The van der Waals surface area contributed by atoms with Crippen molar-refractivity contribution < 1.29 is 19.2 Å². The van der Waals surface area contributed by atoms with Crippen molar-refractivity contribution in [1.29, 1.82) is 0 Å². The summed E-state index contributed by atoms with van der Waals surface area (Å²) in [6, 6.07) is 21.3. The highest BCUT2D eigenvalue weighted by molar-refractivity contribution is 5.90. The molecule has 0 atom stereocenters. The number of hydrazone groups is 1. The lowest BCUT2D eigenvalue weighted by atomic mass is 9.91. The molecule has 0 heterocycles. The first-order valence-corrected chi connectivity index (χ1v) is 9.38. The quantitative estimate of drug-likeness (QED) is 0.339. The molecule has 3 aromatic carbocycles. The molecule has 0 aliphatic rings. The van der Waals surface area contributed by atoms with Crippen LogP contribution in [0, 0.1) is 10.1 Å². The van der Waals surface area contributed by atoms with Crippen LogP contribution in [0.5, 0.6) is 11.5 Å². The molecule has 3 aromatic rings. The minimum atomic E-state index is -0.583. The molecule has 0 spiro atoms. The van der Waals surface area contributed by atoms with E-state index in [1.807, 2.05) is 60.7 Å². The predicted octanol–water partition coefficient (Wildman–Crippen LogP) is 3.89. The maximum absolute atomic E-state index is 13.0. The van der Waals surface area contributed by atoms with Gasteiger partial charge in [0.15, 0.2) is 11.5 Å². The van der Waals surface area contributed by atoms with Crippen LogP contribution < -0.4 is 14.9 Å². The molecule has 1 N–H and O–H groups in total. The largest absolute Gasteiger partial charge is 0.493 e. The molecule has 0 aliphatic carbocycles. The van der Waals surface area contributed by atoms with E-state index in [9.17, 15) is 14.9 Å². The van der Waals surface area contributed by atoms with Crippen molar-refractivity contribution in [3.05, 3.63) is 99.6 Å². The molecule has 0 fully saturated rings. The molecule has 0 unspecified atom stereocenters. The smallest absolute Gasteiger partial charge is 0.282 e. The topological polar surface area (TPSA) is 103 Å². The molecule has 0 radical (unpaired) electrons. The highest BCUT2D eigenvalue weighted by Crippen LogP contribution is 2.33. The number of nitro groups is 1. The number of methoxy groups -OCH3 is 2. The van der Waals surface area contributed by atoms with Crippen molar-refractivity contribution in [2.24, 2.45) is 5.10 Å². The third-order valence-corrected chi connectivity index (χ3v) is 4.64. The van der Waals surface area contributed by atoms with E-state index in [-0.39, 0.29) is 22.9 Å². The molecular formula is C23H21N3O5. The summed E-state index contributed by atoms with van der Waals surface area (Å²) in [4.78, 5) is 23.8. The molecule has 0 bridgehead atoms. The van der Waals surface area contributed by atoms with Crippen LogP contribution in [0.4, 0.5) is 5.69 Å². The van der Waals surface area contributed by atoms with Crippen LogP contribution in [-0.2, 0) is 4.79 Å². The highest BCUT2D eigenvalue weighted by atomic mass is 16.6. The van der Waals surface area contributed by atoms with Crippen LogP contribution in [-0.4, -0.2) is 31.3 Å². The second-order valence-corrected chi connectivity index (χ2v) is 6.51. The predicted molar refractivity (Wildman–Crippen MR) is 117 cm³/mol. The average molecular weight is 419 g/mol. The van der Waals surface area contributed by atoms with Crippen molar-refractivity contribution in [2.75, 3.05) is 14.2 Å². The Bertz CT molecular complexity index is 1050. The fourth-order valence-electron chi connectivity index (χ4n) is 3.16. The lowest BCUT2D eigenvalue weighted by Crippen LogP contribution is -2.26. The summed E-state index contributed by atoms with van der Waals surface area (Å²) in [5.74, 6) is -0.410. The number of nitrogens with zero attached hydrogens (tertiary/aromatic N) is 2. The SMILES string of the molecule is COc1cc(/C=N/NC(=O)C(c2ccccc2)c2ccccc2)c([N+](=O)[O-])cc1OC. The van der Waals surface area contributed by atoms with E-state index in [1.54, 1.807) is 0 Å². The first-order valence-electron chi connectivity index (χ1n) is 9.38. The summed E-state index contributed by atoms with van der Waals surface area (Å²) in [6.07, 6.45) is 1.21. The molecule has 1 amide bonds. The Morgan fingerprint density at radius 3 is 1.97 bits per heavy atom. The van der Waals surface area contributed by atoms with E-state index in [2.05, 4.69) is 10.5 Å². The Kier molecular flexibility index (Phi) is 6.95. The number of carbonyl (C=O) groups is 1. The standard InChI is InChI=1S/C23H21N3O5/c1-30-20-13-18(19(26(28)29)14-21(20)31-2)15-24-25-23(27)22(16-9-5-3-6-10-16)17-11-7-4-8-12-17/h3-15,22H,1-2H3,(H,25,27)/b24-15+. The minimum Gasteiger partial charge on any atom is -0.493 e. The normalized spacial score (nSPS) is 10.8. The van der Waals surface area contributed by atoms with Gasteiger partial charge < -0.3 is 9.47 Å². The zero-order valence-corrected chi connectivity index (χ0v) is 17.0. The van der Waals surface area contributed by atoms with Gasteiger partial charge in [-0.2, -0.15) is 5.10 Å². The summed E-state index contributed by atoms with van der Waals surface area (Å²) in [6.45, 7) is 0. The van der Waals surface area contributed by atoms with Gasteiger partial charge in [-0.3, -0.25) is 14.9 Å². The van der Waals surface area contributed by atoms with Crippen molar-refractivity contribution >= 4 is 17.8 Å². The molecule has 3 rings (SSSR count). The third-order valence-electron chi connectivity index (χ3n) is 4.64. The van der Waals surface area contributed by atoms with Crippen LogP contribution in [0.25, 0.3) is 0 Å². The van der Waals surface area contributed by atoms with E-state index in [0.29, 0.717) is 5.75 Å². The lowest BCUT2D eigenvalue weighted by molar-refractivity contribution is -0.385. The molecule has 0 aliphatic heterocycles. The maximum atomic E-state index is 13.0. The number of amides is 1. The first-order chi connectivity index (χ1) is 15.0. The Balaban J connectivity index is 1.88. The number of carbonyl (C=O) groups excluding carboxylic acids is 1. The van der Waals surface area contributed by atoms with E-state index < -0.39 is 10.8 Å². The maximum Gasteiger partial charge on any atom is 0.282 e. The highest BCUT2D eigenvalue weighted by Gasteiger charge is 2.23. The van der Waals surface area contributed by atoms with Crippen molar-refractivity contribution in [1.82, 2.24) is 5.43 Å². The monoisotopic (exact) mass is 419 g/mol. The van der Waals surface area contributed by atoms with Gasteiger partial charge in [0, 0.05) is 0 Å². The zero-order chi connectivity index (χ0) is 22.2. The van der Waals surface area contributed by atoms with Gasteiger partial charge in [0.05, 0.1) is 42.9 Å². The zero-order valence-electron chi connectivity index (χ0n) is 17.0. The number of nitro benzene ring substituents is 1. The van der Waals surface area contributed by atoms with E-state index in [0.717, 1.165) is 11.1 Å². The van der Waals surface area contributed by atoms with Gasteiger partial charge in [0.25, 0.3) is 11.6 Å². The molecule has 0 aromatic heterocycles. The van der Waals surface area contributed by atoms with Crippen LogP contribution in [0.2, 0.25) is 0 Å². The van der Waals surface area contributed by atoms with Gasteiger partial charge in [-0.1, -0.05) is 60.7 Å². The van der Waals surface area contributed by atoms with Crippen molar-refractivity contribution in [3.8, 4) is 11.5 Å².